The van der Waals surface area contributed by atoms with Crippen LogP contribution in [0.2, 0.25) is 0 Å². The van der Waals surface area contributed by atoms with Gasteiger partial charge in [0.25, 0.3) is 0 Å². The van der Waals surface area contributed by atoms with E-state index in [1.807, 2.05) is 0 Å². The third-order valence-corrected chi connectivity index (χ3v) is 6.09. The molecule has 0 spiro atoms. The fraction of sp³-hybridized carbons (Fsp3) is 0.684. The summed E-state index contributed by atoms with van der Waals surface area (Å²) in [6.07, 6.45) is 8.79. The lowest BCUT2D eigenvalue weighted by molar-refractivity contribution is -0.0169. The summed E-state index contributed by atoms with van der Waals surface area (Å²) in [6, 6.07) is 12.4. The summed E-state index contributed by atoms with van der Waals surface area (Å²) < 4.78 is 0. The zero-order valence-corrected chi connectivity index (χ0v) is 12.6. The van der Waals surface area contributed by atoms with Gasteiger partial charge in [-0.1, -0.05) is 30.3 Å². The maximum Gasteiger partial charge on any atom is 0.0127 e. The average molecular weight is 269 g/mol. The Labute approximate surface area is 123 Å². The molecule has 1 nitrogen and oxygen atoms in total. The molecule has 1 unspecified atom stereocenters. The molecule has 0 aromatic heterocycles. The minimum atomic E-state index is 0.611. The summed E-state index contributed by atoms with van der Waals surface area (Å²) in [4.78, 5) is 0. The second kappa shape index (κ2) is 5.18. The first-order valence-electron chi connectivity index (χ1n) is 8.58. The minimum absolute atomic E-state index is 0.611. The van der Waals surface area contributed by atoms with Gasteiger partial charge in [0, 0.05) is 12.1 Å². The van der Waals surface area contributed by atoms with Crippen molar-refractivity contribution in [2.75, 3.05) is 0 Å². The minimum Gasteiger partial charge on any atom is -0.311 e. The molecule has 4 saturated carbocycles. The third-order valence-electron chi connectivity index (χ3n) is 6.09. The first kappa shape index (κ1) is 12.9. The lowest BCUT2D eigenvalue weighted by atomic mass is 9.54. The van der Waals surface area contributed by atoms with E-state index in [0.717, 1.165) is 29.7 Å². The van der Waals surface area contributed by atoms with Gasteiger partial charge in [0.15, 0.2) is 0 Å². The highest BCUT2D eigenvalue weighted by Crippen LogP contribution is 2.53. The Morgan fingerprint density at radius 3 is 2.15 bits per heavy atom. The molecule has 1 aromatic carbocycles. The molecule has 108 valence electrons. The van der Waals surface area contributed by atoms with E-state index in [1.165, 1.54) is 37.7 Å². The Morgan fingerprint density at radius 2 is 1.55 bits per heavy atom. The van der Waals surface area contributed by atoms with Crippen LogP contribution in [0.5, 0.6) is 0 Å². The Bertz CT molecular complexity index is 424. The lowest BCUT2D eigenvalue weighted by Crippen LogP contribution is -2.56. The molecule has 1 aromatic rings. The van der Waals surface area contributed by atoms with Crippen molar-refractivity contribution < 1.29 is 0 Å². The van der Waals surface area contributed by atoms with Crippen LogP contribution in [0.3, 0.4) is 0 Å². The highest BCUT2D eigenvalue weighted by molar-refractivity contribution is 5.16. The molecule has 20 heavy (non-hydrogen) atoms. The van der Waals surface area contributed by atoms with E-state index < -0.39 is 0 Å². The summed E-state index contributed by atoms with van der Waals surface area (Å²) >= 11 is 0. The molecule has 4 fully saturated rings. The molecule has 4 aliphatic carbocycles. The Kier molecular flexibility index (Phi) is 3.34. The van der Waals surface area contributed by atoms with Crippen molar-refractivity contribution in [3.8, 4) is 0 Å². The Morgan fingerprint density at radius 1 is 0.950 bits per heavy atom. The van der Waals surface area contributed by atoms with Gasteiger partial charge in [0.2, 0.25) is 0 Å². The highest BCUT2D eigenvalue weighted by Gasteiger charge is 2.48. The first-order valence-corrected chi connectivity index (χ1v) is 8.58. The normalized spacial score (nSPS) is 40.0. The molecule has 1 N–H and O–H groups in total. The zero-order valence-electron chi connectivity index (χ0n) is 12.6. The number of nitrogens with one attached hydrogen (secondary N) is 1. The maximum absolute atomic E-state index is 4.01. The fourth-order valence-electron chi connectivity index (χ4n) is 5.55. The second-order valence-electron chi connectivity index (χ2n) is 7.71. The molecular formula is C19H27N. The molecular weight excluding hydrogens is 242 g/mol. The molecule has 0 amide bonds. The van der Waals surface area contributed by atoms with E-state index in [0.29, 0.717) is 6.04 Å². The molecule has 4 bridgehead atoms. The molecule has 1 atom stereocenters. The van der Waals surface area contributed by atoms with E-state index in [9.17, 15) is 0 Å². The first-order chi connectivity index (χ1) is 9.78. The van der Waals surface area contributed by atoms with E-state index in [2.05, 4.69) is 42.6 Å². The molecule has 0 aliphatic heterocycles. The Balaban J connectivity index is 1.39. The van der Waals surface area contributed by atoms with Crippen LogP contribution in [-0.4, -0.2) is 12.1 Å². The van der Waals surface area contributed by atoms with Crippen LogP contribution >= 0.6 is 0 Å². The highest BCUT2D eigenvalue weighted by atomic mass is 15.0. The van der Waals surface area contributed by atoms with Gasteiger partial charge >= 0.3 is 0 Å². The predicted molar refractivity (Wildman–Crippen MR) is 83.6 cm³/mol. The van der Waals surface area contributed by atoms with Crippen LogP contribution < -0.4 is 5.32 Å². The van der Waals surface area contributed by atoms with Crippen LogP contribution in [-0.2, 0) is 6.42 Å². The molecule has 0 saturated heterocycles. The SMILES string of the molecule is CC(Cc1ccccc1)NC1C2CC3CC(C2)CC1C3. The van der Waals surface area contributed by atoms with Crippen molar-refractivity contribution in [2.45, 2.75) is 57.5 Å². The number of rotatable bonds is 4. The quantitative estimate of drug-likeness (QED) is 0.870. The second-order valence-corrected chi connectivity index (χ2v) is 7.71. The van der Waals surface area contributed by atoms with Crippen LogP contribution in [0, 0.1) is 23.7 Å². The van der Waals surface area contributed by atoms with Crippen LogP contribution in [0.15, 0.2) is 30.3 Å². The maximum atomic E-state index is 4.01. The van der Waals surface area contributed by atoms with E-state index in [4.69, 9.17) is 0 Å². The molecule has 1 heteroatoms. The van der Waals surface area contributed by atoms with E-state index in [-0.39, 0.29) is 0 Å². The van der Waals surface area contributed by atoms with Crippen molar-refractivity contribution >= 4 is 0 Å². The van der Waals surface area contributed by atoms with Crippen LogP contribution in [0.4, 0.5) is 0 Å². The summed E-state index contributed by atoms with van der Waals surface area (Å²) in [5.74, 6) is 4.15. The van der Waals surface area contributed by atoms with Crippen molar-refractivity contribution in [1.29, 1.82) is 0 Å². The lowest BCUT2D eigenvalue weighted by Gasteiger charge is -2.55. The molecule has 5 rings (SSSR count). The summed E-state index contributed by atoms with van der Waals surface area (Å²) in [7, 11) is 0. The van der Waals surface area contributed by atoms with Crippen LogP contribution in [0.25, 0.3) is 0 Å². The predicted octanol–water partition coefficient (Wildman–Crippen LogP) is 4.03. The van der Waals surface area contributed by atoms with Gasteiger partial charge in [-0.15, -0.1) is 0 Å². The summed E-state index contributed by atoms with van der Waals surface area (Å²) in [5, 5.41) is 4.01. The van der Waals surface area contributed by atoms with Gasteiger partial charge in [0.1, 0.15) is 0 Å². The summed E-state index contributed by atoms with van der Waals surface area (Å²) in [5.41, 5.74) is 1.47. The van der Waals surface area contributed by atoms with Gasteiger partial charge in [-0.2, -0.15) is 0 Å². The summed E-state index contributed by atoms with van der Waals surface area (Å²) in [6.45, 7) is 2.37. The van der Waals surface area contributed by atoms with Crippen LogP contribution in [0.1, 0.15) is 44.6 Å². The smallest absolute Gasteiger partial charge is 0.0127 e. The number of hydrogen-bond donors (Lipinski definition) is 1. The number of benzene rings is 1. The third kappa shape index (κ3) is 2.41. The van der Waals surface area contributed by atoms with Gasteiger partial charge in [0.05, 0.1) is 0 Å². The molecule has 0 radical (unpaired) electrons. The topological polar surface area (TPSA) is 12.0 Å². The monoisotopic (exact) mass is 269 g/mol. The van der Waals surface area contributed by atoms with Gasteiger partial charge in [-0.3, -0.25) is 0 Å². The average Bonchev–Trinajstić information content (AvgIpc) is 2.43. The van der Waals surface area contributed by atoms with E-state index in [1.54, 1.807) is 6.42 Å². The van der Waals surface area contributed by atoms with Crippen molar-refractivity contribution in [2.24, 2.45) is 23.7 Å². The molecule has 0 heterocycles. The number of hydrogen-bond acceptors (Lipinski definition) is 1. The zero-order chi connectivity index (χ0) is 13.5. The largest absolute Gasteiger partial charge is 0.311 e. The molecule has 4 aliphatic rings. The van der Waals surface area contributed by atoms with Gasteiger partial charge in [-0.05, 0) is 74.7 Å². The van der Waals surface area contributed by atoms with Crippen molar-refractivity contribution in [3.05, 3.63) is 35.9 Å². The Hall–Kier alpha value is -0.820. The van der Waals surface area contributed by atoms with Gasteiger partial charge < -0.3 is 5.32 Å². The van der Waals surface area contributed by atoms with E-state index >= 15 is 0 Å². The van der Waals surface area contributed by atoms with Gasteiger partial charge in [-0.25, -0.2) is 0 Å². The van der Waals surface area contributed by atoms with Crippen molar-refractivity contribution in [3.63, 3.8) is 0 Å². The standard InChI is InChI=1S/C19H27N/c1-13(7-14-5-3-2-4-6-14)20-19-17-9-15-8-16(11-17)12-18(19)10-15/h2-6,13,15-20H,7-12H2,1H3. The van der Waals surface area contributed by atoms with Crippen molar-refractivity contribution in [1.82, 2.24) is 5.32 Å². The fourth-order valence-corrected chi connectivity index (χ4v) is 5.55.